The molecule has 2 aliphatic rings. The molecule has 34 heavy (non-hydrogen) atoms. The molecule has 1 fully saturated rings. The third-order valence-corrected chi connectivity index (χ3v) is 6.10. The molecular weight excluding hydrogens is 487 g/mol. The molecule has 174 valence electrons. The van der Waals surface area contributed by atoms with Gasteiger partial charge in [-0.05, 0) is 44.2 Å². The fraction of sp³-hybridized carbons (Fsp3) is 0.333. The number of hydrogen-bond acceptors (Lipinski definition) is 8. The molecule has 2 heterocycles. The fourth-order valence-corrected chi connectivity index (χ4v) is 4.39. The van der Waals surface area contributed by atoms with E-state index in [0.29, 0.717) is 17.5 Å². The molecule has 1 aromatic carbocycles. The van der Waals surface area contributed by atoms with Crippen LogP contribution in [0.25, 0.3) is 5.69 Å². The summed E-state index contributed by atoms with van der Waals surface area (Å²) in [7, 11) is 0. The van der Waals surface area contributed by atoms with Gasteiger partial charge in [-0.2, -0.15) is 9.94 Å². The van der Waals surface area contributed by atoms with Crippen LogP contribution in [0.15, 0.2) is 26.5 Å². The number of hydrogen-bond donors (Lipinski definition) is 2. The molecule has 13 heteroatoms. The predicted molar refractivity (Wildman–Crippen MR) is 120 cm³/mol. The van der Waals surface area contributed by atoms with E-state index >= 15 is 0 Å². The number of nitrogens with zero attached hydrogens (tertiary/aromatic N) is 4. The first-order valence-corrected chi connectivity index (χ1v) is 11.2. The van der Waals surface area contributed by atoms with Crippen molar-refractivity contribution in [3.8, 4) is 23.4 Å². The molecule has 0 bridgehead atoms. The SMILES string of the molecule is N#Cc1nn(-c2cc(Cl)c(Oc3n[nH]c(=O)c4c3CCCC4OC3CC3)c(Cl)c2)c(=O)[nH]c1=O. The summed E-state index contributed by atoms with van der Waals surface area (Å²) in [4.78, 5) is 38.3. The minimum atomic E-state index is -0.904. The predicted octanol–water partition coefficient (Wildman–Crippen LogP) is 2.53. The highest BCUT2D eigenvalue weighted by molar-refractivity contribution is 6.37. The zero-order valence-corrected chi connectivity index (χ0v) is 18.9. The van der Waals surface area contributed by atoms with Crippen LogP contribution in [-0.2, 0) is 11.2 Å². The number of ether oxygens (including phenoxy) is 2. The van der Waals surface area contributed by atoms with Gasteiger partial charge in [0.25, 0.3) is 11.1 Å². The van der Waals surface area contributed by atoms with Crippen molar-refractivity contribution in [3.05, 3.63) is 70.2 Å². The number of nitriles is 1. The standard InChI is InChI=1S/C21H16Cl2N6O5/c22-12-6-9(29-21(32)25-18(30)14(8-24)28-29)7-13(23)17(12)34-20-11-2-1-3-15(33-10-4-5-10)16(11)19(31)26-27-20/h6-7,10,15H,1-5H2,(H,26,31)(H,25,30,32). The van der Waals surface area contributed by atoms with Gasteiger partial charge in [0, 0.05) is 5.56 Å². The number of aromatic nitrogens is 5. The van der Waals surface area contributed by atoms with Crippen LogP contribution in [0.5, 0.6) is 11.6 Å². The summed E-state index contributed by atoms with van der Waals surface area (Å²) >= 11 is 12.8. The Hall–Kier alpha value is -3.46. The Morgan fingerprint density at radius 1 is 1.12 bits per heavy atom. The summed E-state index contributed by atoms with van der Waals surface area (Å²) in [6.07, 6.45) is 3.93. The summed E-state index contributed by atoms with van der Waals surface area (Å²) in [6, 6.07) is 4.29. The number of halogens is 2. The Bertz CT molecular complexity index is 1490. The van der Waals surface area contributed by atoms with E-state index in [0.717, 1.165) is 30.4 Å². The summed E-state index contributed by atoms with van der Waals surface area (Å²) < 4.78 is 12.7. The van der Waals surface area contributed by atoms with Gasteiger partial charge in [-0.25, -0.2) is 9.89 Å². The second kappa shape index (κ2) is 8.72. The van der Waals surface area contributed by atoms with Crippen molar-refractivity contribution in [1.29, 1.82) is 5.26 Å². The van der Waals surface area contributed by atoms with Crippen molar-refractivity contribution in [2.75, 3.05) is 0 Å². The molecule has 2 N–H and O–H groups in total. The lowest BCUT2D eigenvalue weighted by atomic mass is 9.91. The van der Waals surface area contributed by atoms with E-state index in [4.69, 9.17) is 37.9 Å². The third-order valence-electron chi connectivity index (χ3n) is 5.54. The molecule has 0 aliphatic heterocycles. The Kier molecular flexibility index (Phi) is 5.73. The zero-order valence-electron chi connectivity index (χ0n) is 17.4. The van der Waals surface area contributed by atoms with E-state index in [1.54, 1.807) is 6.07 Å². The molecule has 2 aliphatic carbocycles. The number of H-pyrrole nitrogens is 2. The summed E-state index contributed by atoms with van der Waals surface area (Å²) in [5.74, 6) is 0.207. The Balaban J connectivity index is 1.52. The molecule has 1 atom stereocenters. The molecule has 2 aromatic heterocycles. The molecule has 0 saturated heterocycles. The number of fused-ring (bicyclic) bond motifs is 1. The van der Waals surface area contributed by atoms with E-state index in [9.17, 15) is 14.4 Å². The second-order valence-corrected chi connectivity index (χ2v) is 8.75. The van der Waals surface area contributed by atoms with Crippen molar-refractivity contribution < 1.29 is 9.47 Å². The smallest absolute Gasteiger partial charge is 0.349 e. The van der Waals surface area contributed by atoms with Crippen molar-refractivity contribution in [2.24, 2.45) is 0 Å². The van der Waals surface area contributed by atoms with Crippen molar-refractivity contribution in [2.45, 2.75) is 44.3 Å². The molecule has 11 nitrogen and oxygen atoms in total. The van der Waals surface area contributed by atoms with Crippen LogP contribution in [0.4, 0.5) is 0 Å². The highest BCUT2D eigenvalue weighted by Gasteiger charge is 2.33. The lowest BCUT2D eigenvalue weighted by Gasteiger charge is -2.25. The van der Waals surface area contributed by atoms with Gasteiger partial charge in [0.2, 0.25) is 11.6 Å². The zero-order chi connectivity index (χ0) is 24.0. The van der Waals surface area contributed by atoms with Gasteiger partial charge in [-0.15, -0.1) is 10.2 Å². The number of nitrogens with one attached hydrogen (secondary N) is 2. The van der Waals surface area contributed by atoms with E-state index in [2.05, 4.69) is 15.3 Å². The van der Waals surface area contributed by atoms with Crippen molar-refractivity contribution in [1.82, 2.24) is 25.0 Å². The number of aromatic amines is 2. The van der Waals surface area contributed by atoms with Crippen LogP contribution < -0.4 is 21.5 Å². The van der Waals surface area contributed by atoms with Crippen molar-refractivity contribution >= 4 is 23.2 Å². The molecule has 0 spiro atoms. The molecule has 3 aromatic rings. The molecule has 1 unspecified atom stereocenters. The maximum atomic E-state index is 12.5. The van der Waals surface area contributed by atoms with E-state index in [1.165, 1.54) is 12.1 Å². The molecule has 1 saturated carbocycles. The van der Waals surface area contributed by atoms with Crippen LogP contribution in [0, 0.1) is 11.3 Å². The average Bonchev–Trinajstić information content (AvgIpc) is 3.62. The molecule has 5 rings (SSSR count). The number of benzene rings is 1. The van der Waals surface area contributed by atoms with Gasteiger partial charge in [-0.3, -0.25) is 14.6 Å². The summed E-state index contributed by atoms with van der Waals surface area (Å²) in [6.45, 7) is 0. The highest BCUT2D eigenvalue weighted by atomic mass is 35.5. The molecule has 0 amide bonds. The normalized spacial score (nSPS) is 17.1. The van der Waals surface area contributed by atoms with Gasteiger partial charge in [-0.1, -0.05) is 23.2 Å². The highest BCUT2D eigenvalue weighted by Crippen LogP contribution is 2.42. The van der Waals surface area contributed by atoms with Gasteiger partial charge in [0.05, 0.1) is 33.5 Å². The molecular formula is C21H16Cl2N6O5. The van der Waals surface area contributed by atoms with E-state index < -0.39 is 16.9 Å². The second-order valence-electron chi connectivity index (χ2n) is 7.94. The maximum absolute atomic E-state index is 12.5. The Morgan fingerprint density at radius 3 is 2.53 bits per heavy atom. The van der Waals surface area contributed by atoms with Gasteiger partial charge >= 0.3 is 5.69 Å². The summed E-state index contributed by atoms with van der Waals surface area (Å²) in [5, 5.41) is 19.3. The Labute approximate surface area is 200 Å². The minimum Gasteiger partial charge on any atom is -0.434 e. The first-order valence-electron chi connectivity index (χ1n) is 10.4. The van der Waals surface area contributed by atoms with Crippen molar-refractivity contribution in [3.63, 3.8) is 0 Å². The maximum Gasteiger partial charge on any atom is 0.349 e. The third kappa shape index (κ3) is 4.11. The van der Waals surface area contributed by atoms with Gasteiger partial charge in [0.1, 0.15) is 6.07 Å². The lowest BCUT2D eigenvalue weighted by molar-refractivity contribution is 0.0263. The fourth-order valence-electron chi connectivity index (χ4n) is 3.84. The number of rotatable bonds is 5. The van der Waals surface area contributed by atoms with Crippen LogP contribution >= 0.6 is 23.2 Å². The van der Waals surface area contributed by atoms with Crippen LogP contribution in [0.1, 0.15) is 48.6 Å². The average molecular weight is 503 g/mol. The summed E-state index contributed by atoms with van der Waals surface area (Å²) in [5.41, 5.74) is -1.36. The van der Waals surface area contributed by atoms with E-state index in [1.807, 2.05) is 4.98 Å². The van der Waals surface area contributed by atoms with Gasteiger partial charge in [0.15, 0.2) is 5.75 Å². The topological polar surface area (TPSA) is 156 Å². The molecule has 0 radical (unpaired) electrons. The Morgan fingerprint density at radius 2 is 1.85 bits per heavy atom. The monoisotopic (exact) mass is 502 g/mol. The first-order chi connectivity index (χ1) is 16.4. The van der Waals surface area contributed by atoms with Crippen LogP contribution in [0.3, 0.4) is 0 Å². The van der Waals surface area contributed by atoms with Crippen LogP contribution in [0.2, 0.25) is 10.0 Å². The largest absolute Gasteiger partial charge is 0.434 e. The van der Waals surface area contributed by atoms with Gasteiger partial charge < -0.3 is 9.47 Å². The lowest BCUT2D eigenvalue weighted by Crippen LogP contribution is -2.33. The van der Waals surface area contributed by atoms with E-state index in [-0.39, 0.29) is 45.1 Å². The quantitative estimate of drug-likeness (QED) is 0.538. The van der Waals surface area contributed by atoms with Crippen LogP contribution in [-0.4, -0.2) is 31.1 Å². The minimum absolute atomic E-state index is 0.0178. The first kappa shape index (κ1) is 22.3.